The number of halogens is 1. The Morgan fingerprint density at radius 1 is 1.29 bits per heavy atom. The minimum atomic E-state index is -0.456. The van der Waals surface area contributed by atoms with E-state index >= 15 is 0 Å². The summed E-state index contributed by atoms with van der Waals surface area (Å²) >= 11 is 0. The molecule has 0 spiro atoms. The SMILES string of the molecule is COc1cc(NC(=O)c2ccco2)c(C(=O)N2CCC(CN)C2)cc1OC.Cl. The molecular weight excluding hydrogens is 386 g/mol. The van der Waals surface area contributed by atoms with Crippen molar-refractivity contribution in [3.05, 3.63) is 41.9 Å². The molecule has 0 aliphatic carbocycles. The van der Waals surface area contributed by atoms with Gasteiger partial charge in [-0.25, -0.2) is 0 Å². The number of hydrogen-bond acceptors (Lipinski definition) is 6. The van der Waals surface area contributed by atoms with Gasteiger partial charge in [-0.1, -0.05) is 0 Å². The molecule has 1 aromatic heterocycles. The van der Waals surface area contributed by atoms with E-state index in [0.29, 0.717) is 42.4 Å². The second-order valence-electron chi connectivity index (χ2n) is 6.33. The summed E-state index contributed by atoms with van der Waals surface area (Å²) < 4.78 is 15.7. The fourth-order valence-corrected chi connectivity index (χ4v) is 3.13. The molecule has 0 saturated carbocycles. The van der Waals surface area contributed by atoms with Crippen LogP contribution in [0.25, 0.3) is 0 Å². The standard InChI is InChI=1S/C19H23N3O5.ClH/c1-25-16-8-13(19(24)22-6-5-12(10-20)11-22)14(9-17(16)26-2)21-18(23)15-4-3-7-27-15;/h3-4,7-9,12H,5-6,10-11,20H2,1-2H3,(H,21,23);1H. The fourth-order valence-electron chi connectivity index (χ4n) is 3.13. The van der Waals surface area contributed by atoms with Gasteiger partial charge in [0.2, 0.25) is 0 Å². The van der Waals surface area contributed by atoms with Gasteiger partial charge in [-0.15, -0.1) is 12.4 Å². The third kappa shape index (κ3) is 4.40. The molecule has 2 amide bonds. The normalized spacial score (nSPS) is 15.7. The monoisotopic (exact) mass is 409 g/mol. The number of likely N-dealkylation sites (tertiary alicyclic amines) is 1. The maximum atomic E-state index is 13.1. The summed E-state index contributed by atoms with van der Waals surface area (Å²) in [5, 5.41) is 2.73. The smallest absolute Gasteiger partial charge is 0.291 e. The molecule has 2 heterocycles. The number of amides is 2. The van der Waals surface area contributed by atoms with Crippen LogP contribution in [0.15, 0.2) is 34.9 Å². The van der Waals surface area contributed by atoms with Gasteiger partial charge in [-0.3, -0.25) is 9.59 Å². The number of nitrogens with zero attached hydrogens (tertiary/aromatic N) is 1. The molecule has 2 aromatic rings. The zero-order chi connectivity index (χ0) is 19.4. The van der Waals surface area contributed by atoms with Gasteiger partial charge in [0.1, 0.15) is 0 Å². The van der Waals surface area contributed by atoms with E-state index in [1.807, 2.05) is 0 Å². The molecule has 0 radical (unpaired) electrons. The predicted molar refractivity (Wildman–Crippen MR) is 107 cm³/mol. The lowest BCUT2D eigenvalue weighted by atomic mass is 10.1. The van der Waals surface area contributed by atoms with Crippen molar-refractivity contribution in [3.8, 4) is 11.5 Å². The van der Waals surface area contributed by atoms with Gasteiger partial charge in [0.25, 0.3) is 11.8 Å². The zero-order valence-corrected chi connectivity index (χ0v) is 16.6. The van der Waals surface area contributed by atoms with Crippen LogP contribution in [0, 0.1) is 5.92 Å². The summed E-state index contributed by atoms with van der Waals surface area (Å²) in [6.45, 7) is 1.76. The number of ether oxygens (including phenoxy) is 2. The van der Waals surface area contributed by atoms with Crippen molar-refractivity contribution in [1.29, 1.82) is 0 Å². The lowest BCUT2D eigenvalue weighted by molar-refractivity contribution is 0.0788. The van der Waals surface area contributed by atoms with E-state index in [9.17, 15) is 9.59 Å². The van der Waals surface area contributed by atoms with Crippen LogP contribution in [-0.2, 0) is 0 Å². The second kappa shape index (κ2) is 9.48. The first-order valence-corrected chi connectivity index (χ1v) is 8.67. The summed E-state index contributed by atoms with van der Waals surface area (Å²) in [4.78, 5) is 27.2. The van der Waals surface area contributed by atoms with E-state index in [4.69, 9.17) is 19.6 Å². The molecule has 8 nitrogen and oxygen atoms in total. The van der Waals surface area contributed by atoms with Gasteiger partial charge < -0.3 is 29.8 Å². The van der Waals surface area contributed by atoms with Gasteiger partial charge in [-0.2, -0.15) is 0 Å². The number of nitrogens with two attached hydrogens (primary N) is 1. The molecule has 1 atom stereocenters. The number of benzene rings is 1. The molecule has 1 aromatic carbocycles. The number of methoxy groups -OCH3 is 2. The minimum absolute atomic E-state index is 0. The Labute approximate surface area is 169 Å². The highest BCUT2D eigenvalue weighted by Gasteiger charge is 2.29. The molecule has 1 aliphatic heterocycles. The average molecular weight is 410 g/mol. The van der Waals surface area contributed by atoms with Gasteiger partial charge in [-0.05, 0) is 37.1 Å². The highest BCUT2D eigenvalue weighted by Crippen LogP contribution is 2.35. The molecule has 1 aliphatic rings. The number of rotatable bonds is 6. The number of carbonyl (C=O) groups excluding carboxylic acids is 2. The highest BCUT2D eigenvalue weighted by molar-refractivity contribution is 6.08. The molecule has 152 valence electrons. The maximum Gasteiger partial charge on any atom is 0.291 e. The Balaban J connectivity index is 0.00000280. The van der Waals surface area contributed by atoms with Crippen LogP contribution in [0.1, 0.15) is 27.3 Å². The number of hydrogen-bond donors (Lipinski definition) is 2. The van der Waals surface area contributed by atoms with E-state index < -0.39 is 5.91 Å². The molecular formula is C19H24ClN3O5. The summed E-state index contributed by atoms with van der Waals surface area (Å²) in [7, 11) is 2.98. The molecule has 1 unspecified atom stereocenters. The minimum Gasteiger partial charge on any atom is -0.493 e. The van der Waals surface area contributed by atoms with Crippen molar-refractivity contribution in [2.45, 2.75) is 6.42 Å². The topological polar surface area (TPSA) is 107 Å². The van der Waals surface area contributed by atoms with Crippen molar-refractivity contribution < 1.29 is 23.5 Å². The third-order valence-corrected chi connectivity index (χ3v) is 4.65. The van der Waals surface area contributed by atoms with Crippen LogP contribution in [0.4, 0.5) is 5.69 Å². The number of anilines is 1. The van der Waals surface area contributed by atoms with Gasteiger partial charge >= 0.3 is 0 Å². The Bertz CT molecular complexity index is 825. The average Bonchev–Trinajstić information content (AvgIpc) is 3.38. The zero-order valence-electron chi connectivity index (χ0n) is 15.8. The van der Waals surface area contributed by atoms with Crippen LogP contribution < -0.4 is 20.5 Å². The molecule has 28 heavy (non-hydrogen) atoms. The predicted octanol–water partition coefficient (Wildman–Crippen LogP) is 2.39. The first kappa shape index (κ1) is 21.6. The molecule has 9 heteroatoms. The van der Waals surface area contributed by atoms with E-state index in [-0.39, 0.29) is 30.0 Å². The third-order valence-electron chi connectivity index (χ3n) is 4.65. The first-order valence-electron chi connectivity index (χ1n) is 8.67. The van der Waals surface area contributed by atoms with Crippen LogP contribution in [0.2, 0.25) is 0 Å². The Kier molecular flexibility index (Phi) is 7.31. The lowest BCUT2D eigenvalue weighted by Crippen LogP contribution is -2.31. The molecule has 1 fully saturated rings. The van der Waals surface area contributed by atoms with Crippen LogP contribution in [0.3, 0.4) is 0 Å². The van der Waals surface area contributed by atoms with E-state index in [0.717, 1.165) is 6.42 Å². The summed E-state index contributed by atoms with van der Waals surface area (Å²) in [5.74, 6) is 0.600. The van der Waals surface area contributed by atoms with Crippen LogP contribution >= 0.6 is 12.4 Å². The fraction of sp³-hybridized carbons (Fsp3) is 0.368. The molecule has 1 saturated heterocycles. The molecule has 3 N–H and O–H groups in total. The van der Waals surface area contributed by atoms with Gasteiger partial charge in [0.15, 0.2) is 17.3 Å². The Hall–Kier alpha value is -2.71. The van der Waals surface area contributed by atoms with Crippen molar-refractivity contribution in [2.75, 3.05) is 39.2 Å². The molecule has 0 bridgehead atoms. The van der Waals surface area contributed by atoms with Crippen molar-refractivity contribution in [2.24, 2.45) is 11.7 Å². The largest absolute Gasteiger partial charge is 0.493 e. The van der Waals surface area contributed by atoms with E-state index in [1.165, 1.54) is 20.5 Å². The quantitative estimate of drug-likeness (QED) is 0.758. The highest BCUT2D eigenvalue weighted by atomic mass is 35.5. The summed E-state index contributed by atoms with van der Waals surface area (Å²) in [5.41, 5.74) is 6.38. The first-order chi connectivity index (χ1) is 13.1. The molecule has 3 rings (SSSR count). The van der Waals surface area contributed by atoms with Crippen LogP contribution in [0.5, 0.6) is 11.5 Å². The van der Waals surface area contributed by atoms with Crippen molar-refractivity contribution in [3.63, 3.8) is 0 Å². The van der Waals surface area contributed by atoms with E-state index in [1.54, 1.807) is 29.2 Å². The summed E-state index contributed by atoms with van der Waals surface area (Å²) in [6, 6.07) is 6.31. The van der Waals surface area contributed by atoms with Crippen molar-refractivity contribution >= 4 is 29.9 Å². The lowest BCUT2D eigenvalue weighted by Gasteiger charge is -2.20. The summed E-state index contributed by atoms with van der Waals surface area (Å²) in [6.07, 6.45) is 2.27. The number of furan rings is 1. The van der Waals surface area contributed by atoms with Gasteiger partial charge in [0.05, 0.1) is 31.7 Å². The number of carbonyl (C=O) groups is 2. The van der Waals surface area contributed by atoms with Gasteiger partial charge in [0, 0.05) is 19.2 Å². The maximum absolute atomic E-state index is 13.1. The second-order valence-corrected chi connectivity index (χ2v) is 6.33. The van der Waals surface area contributed by atoms with E-state index in [2.05, 4.69) is 5.32 Å². The van der Waals surface area contributed by atoms with Crippen molar-refractivity contribution in [1.82, 2.24) is 4.90 Å². The van der Waals surface area contributed by atoms with Crippen LogP contribution in [-0.4, -0.2) is 50.6 Å². The Morgan fingerprint density at radius 3 is 2.57 bits per heavy atom. The number of nitrogens with one attached hydrogen (secondary N) is 1. The Morgan fingerprint density at radius 2 is 2.00 bits per heavy atom.